The van der Waals surface area contributed by atoms with Crippen molar-refractivity contribution in [3.05, 3.63) is 36.5 Å². The molecule has 0 amide bonds. The summed E-state index contributed by atoms with van der Waals surface area (Å²) in [5.41, 5.74) is 1.46. The monoisotopic (exact) mass is 275 g/mol. The predicted molar refractivity (Wildman–Crippen MR) is 67.6 cm³/mol. The Labute approximate surface area is 108 Å². The molecule has 0 atom stereocenters. The molecule has 0 N–H and O–H groups in total. The molecular weight excluding hydrogens is 266 g/mol. The lowest BCUT2D eigenvalue weighted by atomic mass is 10.3. The van der Waals surface area contributed by atoms with Crippen molar-refractivity contribution in [1.29, 1.82) is 0 Å². The van der Waals surface area contributed by atoms with Gasteiger partial charge in [-0.2, -0.15) is 9.67 Å². The maximum absolute atomic E-state index is 11.4. The molecule has 3 aromatic rings. The van der Waals surface area contributed by atoms with E-state index in [2.05, 4.69) is 20.3 Å². The molecule has 1 aromatic carbocycles. The number of para-hydroxylation sites is 1. The molecule has 0 saturated carbocycles. The highest BCUT2D eigenvalue weighted by Gasteiger charge is 2.13. The van der Waals surface area contributed by atoms with Crippen molar-refractivity contribution in [3.8, 4) is 5.82 Å². The molecule has 2 aromatic heterocycles. The van der Waals surface area contributed by atoms with Crippen molar-refractivity contribution < 1.29 is 8.42 Å². The molecule has 0 saturated heterocycles. The zero-order valence-electron chi connectivity index (χ0n) is 9.92. The molecule has 0 aliphatic heterocycles. The Kier molecular flexibility index (Phi) is 2.53. The zero-order valence-corrected chi connectivity index (χ0v) is 10.7. The summed E-state index contributed by atoms with van der Waals surface area (Å²) >= 11 is 0. The van der Waals surface area contributed by atoms with Gasteiger partial charge < -0.3 is 0 Å². The lowest BCUT2D eigenvalue weighted by Gasteiger charge is -2.02. The summed E-state index contributed by atoms with van der Waals surface area (Å²) in [6.45, 7) is 0. The minimum atomic E-state index is -3.45. The number of sulfone groups is 1. The maximum Gasteiger partial charge on any atom is 0.248 e. The molecule has 0 aliphatic rings. The summed E-state index contributed by atoms with van der Waals surface area (Å²) in [5, 5.41) is 7.73. The molecule has 8 heteroatoms. The Hall–Kier alpha value is -2.35. The summed E-state index contributed by atoms with van der Waals surface area (Å²) in [7, 11) is -3.45. The maximum atomic E-state index is 11.4. The van der Waals surface area contributed by atoms with Crippen LogP contribution in [0, 0.1) is 0 Å². The number of aromatic nitrogens is 5. The van der Waals surface area contributed by atoms with Crippen LogP contribution in [-0.2, 0) is 9.84 Å². The van der Waals surface area contributed by atoms with E-state index in [0.717, 1.165) is 11.8 Å². The molecule has 2 heterocycles. The van der Waals surface area contributed by atoms with Crippen LogP contribution in [0.15, 0.2) is 41.7 Å². The second-order valence-electron chi connectivity index (χ2n) is 3.96. The molecule has 7 nitrogen and oxygen atoms in total. The first-order valence-corrected chi connectivity index (χ1v) is 7.29. The minimum absolute atomic E-state index is 0.232. The summed E-state index contributed by atoms with van der Waals surface area (Å²) < 4.78 is 24.4. The van der Waals surface area contributed by atoms with Gasteiger partial charge in [-0.05, 0) is 12.1 Å². The van der Waals surface area contributed by atoms with Crippen LogP contribution in [0.3, 0.4) is 0 Å². The smallest absolute Gasteiger partial charge is 0.227 e. The Morgan fingerprint density at radius 1 is 1.16 bits per heavy atom. The van der Waals surface area contributed by atoms with E-state index in [0.29, 0.717) is 11.3 Å². The van der Waals surface area contributed by atoms with Crippen LogP contribution < -0.4 is 0 Å². The van der Waals surface area contributed by atoms with Crippen LogP contribution in [0.1, 0.15) is 0 Å². The van der Waals surface area contributed by atoms with Gasteiger partial charge in [0.2, 0.25) is 15.0 Å². The molecule has 0 bridgehead atoms. The normalized spacial score (nSPS) is 11.8. The largest absolute Gasteiger partial charge is 0.248 e. The minimum Gasteiger partial charge on any atom is -0.227 e. The van der Waals surface area contributed by atoms with Gasteiger partial charge in [-0.15, -0.1) is 5.10 Å². The number of nitrogens with zero attached hydrogens (tertiary/aromatic N) is 5. The van der Waals surface area contributed by atoms with Gasteiger partial charge in [0, 0.05) is 18.5 Å². The molecular formula is C11H9N5O2S. The Bertz CT molecular complexity index is 856. The molecule has 0 fully saturated rings. The average molecular weight is 275 g/mol. The third kappa shape index (κ3) is 2.06. The van der Waals surface area contributed by atoms with Crippen LogP contribution >= 0.6 is 0 Å². The van der Waals surface area contributed by atoms with Crippen molar-refractivity contribution in [2.24, 2.45) is 0 Å². The van der Waals surface area contributed by atoms with Crippen molar-refractivity contribution >= 4 is 20.9 Å². The molecule has 0 aliphatic carbocycles. The second kappa shape index (κ2) is 4.09. The first-order chi connectivity index (χ1) is 9.05. The van der Waals surface area contributed by atoms with E-state index in [1.165, 1.54) is 10.9 Å². The molecule has 3 rings (SSSR count). The van der Waals surface area contributed by atoms with Crippen LogP contribution in [0.2, 0.25) is 0 Å². The number of hydrogen-bond donors (Lipinski definition) is 0. The van der Waals surface area contributed by atoms with Gasteiger partial charge >= 0.3 is 0 Å². The van der Waals surface area contributed by atoms with Gasteiger partial charge in [-0.25, -0.2) is 13.4 Å². The predicted octanol–water partition coefficient (Wildman–Crippen LogP) is 0.614. The van der Waals surface area contributed by atoms with Crippen molar-refractivity contribution in [3.63, 3.8) is 0 Å². The van der Waals surface area contributed by atoms with Crippen LogP contribution in [0.25, 0.3) is 16.9 Å². The van der Waals surface area contributed by atoms with Gasteiger partial charge in [0.05, 0.1) is 5.52 Å². The van der Waals surface area contributed by atoms with Gasteiger partial charge in [0.1, 0.15) is 5.52 Å². The average Bonchev–Trinajstić information content (AvgIpc) is 2.82. The lowest BCUT2D eigenvalue weighted by Crippen LogP contribution is -2.08. The van der Waals surface area contributed by atoms with Crippen LogP contribution in [0.5, 0.6) is 0 Å². The van der Waals surface area contributed by atoms with E-state index >= 15 is 0 Å². The SMILES string of the molecule is CS(=O)(=O)c1nccc(-n2nnc3ccccc32)n1. The van der Waals surface area contributed by atoms with Crippen LogP contribution in [-0.4, -0.2) is 39.6 Å². The Morgan fingerprint density at radius 2 is 1.95 bits per heavy atom. The summed E-state index contributed by atoms with van der Waals surface area (Å²) in [6, 6.07) is 8.93. The molecule has 0 radical (unpaired) electrons. The molecule has 0 spiro atoms. The number of hydrogen-bond acceptors (Lipinski definition) is 6. The van der Waals surface area contributed by atoms with E-state index in [4.69, 9.17) is 0 Å². The Morgan fingerprint density at radius 3 is 2.74 bits per heavy atom. The summed E-state index contributed by atoms with van der Waals surface area (Å²) in [5.74, 6) is 0.365. The van der Waals surface area contributed by atoms with E-state index in [9.17, 15) is 8.42 Å². The lowest BCUT2D eigenvalue weighted by molar-refractivity contribution is 0.591. The second-order valence-corrected chi connectivity index (χ2v) is 5.87. The third-order valence-corrected chi connectivity index (χ3v) is 3.38. The molecule has 19 heavy (non-hydrogen) atoms. The fourth-order valence-corrected chi connectivity index (χ4v) is 2.18. The van der Waals surface area contributed by atoms with E-state index in [1.807, 2.05) is 24.3 Å². The van der Waals surface area contributed by atoms with Crippen molar-refractivity contribution in [1.82, 2.24) is 25.0 Å². The standard InChI is InChI=1S/C11H9N5O2S/c1-19(17,18)11-12-7-6-10(13-11)16-9-5-3-2-4-8(9)14-15-16/h2-7H,1H3. The Balaban J connectivity index is 2.22. The first kappa shape index (κ1) is 11.7. The third-order valence-electron chi connectivity index (χ3n) is 2.52. The fraction of sp³-hybridized carbons (Fsp3) is 0.0909. The summed E-state index contributed by atoms with van der Waals surface area (Å²) in [6.07, 6.45) is 2.45. The first-order valence-electron chi connectivity index (χ1n) is 5.39. The van der Waals surface area contributed by atoms with Gasteiger partial charge in [-0.1, -0.05) is 17.3 Å². The number of benzene rings is 1. The highest BCUT2D eigenvalue weighted by atomic mass is 32.2. The van der Waals surface area contributed by atoms with Crippen molar-refractivity contribution in [2.45, 2.75) is 5.16 Å². The summed E-state index contributed by atoms with van der Waals surface area (Å²) in [4.78, 5) is 7.74. The van der Waals surface area contributed by atoms with E-state index in [-0.39, 0.29) is 5.16 Å². The van der Waals surface area contributed by atoms with E-state index in [1.54, 1.807) is 6.07 Å². The number of fused-ring (bicyclic) bond motifs is 1. The topological polar surface area (TPSA) is 90.6 Å². The zero-order chi connectivity index (χ0) is 13.5. The van der Waals surface area contributed by atoms with Crippen LogP contribution in [0.4, 0.5) is 0 Å². The highest BCUT2D eigenvalue weighted by molar-refractivity contribution is 7.90. The fourth-order valence-electron chi connectivity index (χ4n) is 1.67. The molecule has 0 unspecified atom stereocenters. The molecule has 96 valence electrons. The van der Waals surface area contributed by atoms with Gasteiger partial charge in [0.25, 0.3) is 0 Å². The van der Waals surface area contributed by atoms with Crippen molar-refractivity contribution in [2.75, 3.05) is 6.26 Å². The highest BCUT2D eigenvalue weighted by Crippen LogP contribution is 2.14. The van der Waals surface area contributed by atoms with Gasteiger partial charge in [-0.3, -0.25) is 0 Å². The number of rotatable bonds is 2. The van der Waals surface area contributed by atoms with Gasteiger partial charge in [0.15, 0.2) is 5.82 Å². The quantitative estimate of drug-likeness (QED) is 0.636. The van der Waals surface area contributed by atoms with E-state index < -0.39 is 9.84 Å².